The van der Waals surface area contributed by atoms with Gasteiger partial charge in [0, 0.05) is 0 Å². The molecule has 7 nitrogen and oxygen atoms in total. The van der Waals surface area contributed by atoms with E-state index in [1.165, 1.54) is 0 Å². The van der Waals surface area contributed by atoms with E-state index in [0.717, 1.165) is 0 Å². The molecular formula is C12H21NO6. The number of aliphatic hydroxyl groups is 1. The maximum Gasteiger partial charge on any atom is 0.326 e. The summed E-state index contributed by atoms with van der Waals surface area (Å²) in [4.78, 5) is 33.7. The molecule has 0 radical (unpaired) electrons. The predicted octanol–water partition coefficient (Wildman–Crippen LogP) is -0.0840. The number of rotatable bonds is 8. The van der Waals surface area contributed by atoms with Crippen LogP contribution in [0.15, 0.2) is 0 Å². The van der Waals surface area contributed by atoms with Gasteiger partial charge < -0.3 is 20.3 Å². The Balaban J connectivity index is 4.46. The summed E-state index contributed by atoms with van der Waals surface area (Å²) in [7, 11) is 0. The molecule has 0 saturated carbocycles. The Labute approximate surface area is 111 Å². The van der Waals surface area contributed by atoms with Crippen molar-refractivity contribution in [1.82, 2.24) is 5.32 Å². The third kappa shape index (κ3) is 7.40. The number of aliphatic carboxylic acids is 1. The number of aliphatic hydroxyl groups excluding tert-OH is 1. The molecule has 0 aliphatic carbocycles. The molecule has 1 amide bonds. The molecule has 0 saturated heterocycles. The van der Waals surface area contributed by atoms with Crippen LogP contribution in [-0.2, 0) is 19.1 Å². The number of carbonyl (C=O) groups excluding carboxylic acids is 2. The third-order valence-corrected chi connectivity index (χ3v) is 2.29. The highest BCUT2D eigenvalue weighted by atomic mass is 16.5. The largest absolute Gasteiger partial charge is 0.480 e. The lowest BCUT2D eigenvalue weighted by Gasteiger charge is -2.17. The summed E-state index contributed by atoms with van der Waals surface area (Å²) < 4.78 is 4.61. The first-order chi connectivity index (χ1) is 8.77. The molecule has 0 aromatic rings. The van der Waals surface area contributed by atoms with Crippen LogP contribution in [0.1, 0.15) is 33.6 Å². The first-order valence-corrected chi connectivity index (χ1v) is 6.14. The molecule has 0 aliphatic rings. The van der Waals surface area contributed by atoms with Gasteiger partial charge >= 0.3 is 11.9 Å². The first-order valence-electron chi connectivity index (χ1n) is 6.14. The molecule has 0 aromatic heterocycles. The normalized spacial score (nSPS) is 13.7. The molecule has 0 rings (SSSR count). The number of nitrogens with one attached hydrogen (secondary N) is 1. The van der Waals surface area contributed by atoms with Crippen molar-refractivity contribution in [3.05, 3.63) is 0 Å². The zero-order chi connectivity index (χ0) is 15.0. The first kappa shape index (κ1) is 17.4. The van der Waals surface area contributed by atoms with E-state index in [-0.39, 0.29) is 18.9 Å². The van der Waals surface area contributed by atoms with Crippen LogP contribution in [0.3, 0.4) is 0 Å². The molecule has 0 bridgehead atoms. The molecule has 7 heteroatoms. The van der Waals surface area contributed by atoms with Gasteiger partial charge in [0.1, 0.15) is 12.1 Å². The Kier molecular flexibility index (Phi) is 7.74. The number of carbonyl (C=O) groups is 3. The summed E-state index contributed by atoms with van der Waals surface area (Å²) in [5.41, 5.74) is 0. The van der Waals surface area contributed by atoms with Crippen LogP contribution >= 0.6 is 0 Å². The van der Waals surface area contributed by atoms with Gasteiger partial charge in [-0.15, -0.1) is 0 Å². The minimum atomic E-state index is -1.40. The van der Waals surface area contributed by atoms with E-state index in [4.69, 9.17) is 5.11 Å². The average molecular weight is 275 g/mol. The number of esters is 1. The van der Waals surface area contributed by atoms with Gasteiger partial charge in [-0.3, -0.25) is 9.59 Å². The Morgan fingerprint density at radius 2 is 1.84 bits per heavy atom. The average Bonchev–Trinajstić information content (AvgIpc) is 2.27. The summed E-state index contributed by atoms with van der Waals surface area (Å²) in [6.07, 6.45) is -1.54. The van der Waals surface area contributed by atoms with Crippen LogP contribution < -0.4 is 5.32 Å². The summed E-state index contributed by atoms with van der Waals surface area (Å²) in [5.74, 6) is -2.77. The molecule has 0 spiro atoms. The van der Waals surface area contributed by atoms with Crippen LogP contribution in [0.4, 0.5) is 0 Å². The maximum atomic E-state index is 11.6. The van der Waals surface area contributed by atoms with Crippen molar-refractivity contribution >= 4 is 17.8 Å². The van der Waals surface area contributed by atoms with Crippen LogP contribution in [-0.4, -0.2) is 46.8 Å². The van der Waals surface area contributed by atoms with E-state index in [1.54, 1.807) is 6.92 Å². The zero-order valence-corrected chi connectivity index (χ0v) is 11.4. The molecular weight excluding hydrogens is 254 g/mol. The Morgan fingerprint density at radius 3 is 2.26 bits per heavy atom. The molecule has 0 aromatic carbocycles. The fraction of sp³-hybridized carbons (Fsp3) is 0.750. The smallest absolute Gasteiger partial charge is 0.326 e. The lowest BCUT2D eigenvalue weighted by atomic mass is 10.1. The SMILES string of the molecule is CCOC(=O)C[C@H](NC(=O)[C@H](O)CC(C)C)C(=O)O. The number of carboxylic acid groups (broad SMARTS) is 1. The maximum absolute atomic E-state index is 11.6. The van der Waals surface area contributed by atoms with Gasteiger partial charge in [-0.2, -0.15) is 0 Å². The van der Waals surface area contributed by atoms with Crippen molar-refractivity contribution in [3.8, 4) is 0 Å². The quantitative estimate of drug-likeness (QED) is 0.534. The van der Waals surface area contributed by atoms with Crippen molar-refractivity contribution < 1.29 is 29.3 Å². The fourth-order valence-corrected chi connectivity index (χ4v) is 1.41. The van der Waals surface area contributed by atoms with E-state index in [1.807, 2.05) is 13.8 Å². The molecule has 0 heterocycles. The molecule has 2 atom stereocenters. The molecule has 110 valence electrons. The summed E-state index contributed by atoms with van der Waals surface area (Å²) in [6.45, 7) is 5.38. The Hall–Kier alpha value is -1.63. The Bertz CT molecular complexity index is 328. The van der Waals surface area contributed by atoms with Crippen molar-refractivity contribution in [3.63, 3.8) is 0 Å². The van der Waals surface area contributed by atoms with Crippen molar-refractivity contribution in [2.45, 2.75) is 45.8 Å². The standard InChI is InChI=1S/C12H21NO6/c1-4-19-10(15)6-8(12(17)18)13-11(16)9(14)5-7(2)3/h7-9,14H,4-6H2,1-3H3,(H,13,16)(H,17,18)/t8-,9+/m0/s1. The third-order valence-electron chi connectivity index (χ3n) is 2.29. The second kappa shape index (κ2) is 8.47. The van der Waals surface area contributed by atoms with Crippen molar-refractivity contribution in [1.29, 1.82) is 0 Å². The van der Waals surface area contributed by atoms with E-state index in [9.17, 15) is 19.5 Å². The van der Waals surface area contributed by atoms with E-state index in [2.05, 4.69) is 10.1 Å². The van der Waals surface area contributed by atoms with Crippen LogP contribution in [0.25, 0.3) is 0 Å². The van der Waals surface area contributed by atoms with Gasteiger partial charge in [0.05, 0.1) is 13.0 Å². The Morgan fingerprint density at radius 1 is 1.26 bits per heavy atom. The lowest BCUT2D eigenvalue weighted by molar-refractivity contribution is -0.150. The van der Waals surface area contributed by atoms with Crippen molar-refractivity contribution in [2.75, 3.05) is 6.61 Å². The second-order valence-corrected chi connectivity index (χ2v) is 4.55. The second-order valence-electron chi connectivity index (χ2n) is 4.55. The van der Waals surface area contributed by atoms with E-state index >= 15 is 0 Å². The minimum absolute atomic E-state index is 0.0917. The number of hydrogen-bond donors (Lipinski definition) is 3. The van der Waals surface area contributed by atoms with Crippen LogP contribution in [0.5, 0.6) is 0 Å². The summed E-state index contributed by atoms with van der Waals surface area (Å²) in [5, 5.41) is 20.6. The number of carboxylic acids is 1. The molecule has 0 unspecified atom stereocenters. The topological polar surface area (TPSA) is 113 Å². The summed E-state index contributed by atoms with van der Waals surface area (Å²) >= 11 is 0. The van der Waals surface area contributed by atoms with Gasteiger partial charge in [-0.1, -0.05) is 13.8 Å². The zero-order valence-electron chi connectivity index (χ0n) is 11.4. The monoisotopic (exact) mass is 275 g/mol. The highest BCUT2D eigenvalue weighted by molar-refractivity contribution is 5.88. The van der Waals surface area contributed by atoms with Gasteiger partial charge in [-0.05, 0) is 19.3 Å². The van der Waals surface area contributed by atoms with Gasteiger partial charge in [-0.25, -0.2) is 4.79 Å². The molecule has 0 fully saturated rings. The molecule has 0 aliphatic heterocycles. The van der Waals surface area contributed by atoms with Gasteiger partial charge in [0.2, 0.25) is 5.91 Å². The van der Waals surface area contributed by atoms with Crippen molar-refractivity contribution in [2.24, 2.45) is 5.92 Å². The van der Waals surface area contributed by atoms with Gasteiger partial charge in [0.15, 0.2) is 0 Å². The van der Waals surface area contributed by atoms with Crippen LogP contribution in [0, 0.1) is 5.92 Å². The predicted molar refractivity (Wildman–Crippen MR) is 66.3 cm³/mol. The van der Waals surface area contributed by atoms with E-state index in [0.29, 0.717) is 0 Å². The fourth-order valence-electron chi connectivity index (χ4n) is 1.41. The molecule has 3 N–H and O–H groups in total. The van der Waals surface area contributed by atoms with E-state index < -0.39 is 36.4 Å². The number of hydrogen-bond acceptors (Lipinski definition) is 5. The number of ether oxygens (including phenoxy) is 1. The highest BCUT2D eigenvalue weighted by Gasteiger charge is 2.27. The molecule has 19 heavy (non-hydrogen) atoms. The highest BCUT2D eigenvalue weighted by Crippen LogP contribution is 2.05. The number of amides is 1. The van der Waals surface area contributed by atoms with Gasteiger partial charge in [0.25, 0.3) is 0 Å². The van der Waals surface area contributed by atoms with Crippen LogP contribution in [0.2, 0.25) is 0 Å². The minimum Gasteiger partial charge on any atom is -0.480 e. The summed E-state index contributed by atoms with van der Waals surface area (Å²) in [6, 6.07) is -1.40. The lowest BCUT2D eigenvalue weighted by Crippen LogP contribution is -2.47.